The first-order chi connectivity index (χ1) is 12.1. The molecule has 2 aliphatic carbocycles. The third kappa shape index (κ3) is 3.37. The molecule has 4 rings (SSSR count). The first kappa shape index (κ1) is 16.4. The van der Waals surface area contributed by atoms with E-state index in [-0.39, 0.29) is 23.5 Å². The average molecular weight is 342 g/mol. The smallest absolute Gasteiger partial charge is 0.227 e. The Kier molecular flexibility index (Phi) is 4.40. The van der Waals surface area contributed by atoms with Gasteiger partial charge in [0.05, 0.1) is 0 Å². The molecular formula is C20H26N2O3. The fourth-order valence-corrected chi connectivity index (χ4v) is 4.93. The molecule has 0 spiro atoms. The lowest BCUT2D eigenvalue weighted by Crippen LogP contribution is -2.44. The van der Waals surface area contributed by atoms with Crippen LogP contribution in [0.2, 0.25) is 0 Å². The summed E-state index contributed by atoms with van der Waals surface area (Å²) in [5.74, 6) is 2.15. The van der Waals surface area contributed by atoms with Crippen LogP contribution >= 0.6 is 0 Å². The molecule has 2 amide bonds. The van der Waals surface area contributed by atoms with Crippen molar-refractivity contribution in [1.82, 2.24) is 4.90 Å². The summed E-state index contributed by atoms with van der Waals surface area (Å²) < 4.78 is 0. The standard InChI is InChI=1S/C20H26N2O3/c23-17-5-3-16(4-6-17)21-19(24)14-7-9-22(10-8-14)20(25)18-12-13-1-2-15(18)11-13/h3-6,13-15,18,23H,1-2,7-12H2,(H,21,24)/t13-,15-,18+/m0/s1. The molecule has 5 nitrogen and oxygen atoms in total. The van der Waals surface area contributed by atoms with Crippen molar-refractivity contribution in [2.24, 2.45) is 23.7 Å². The van der Waals surface area contributed by atoms with E-state index >= 15 is 0 Å². The lowest BCUT2D eigenvalue weighted by atomic mass is 9.86. The van der Waals surface area contributed by atoms with Crippen molar-refractivity contribution in [2.45, 2.75) is 38.5 Å². The summed E-state index contributed by atoms with van der Waals surface area (Å²) in [6, 6.07) is 6.51. The molecule has 3 fully saturated rings. The van der Waals surface area contributed by atoms with Crippen molar-refractivity contribution in [1.29, 1.82) is 0 Å². The third-order valence-corrected chi connectivity index (χ3v) is 6.37. The Bertz CT molecular complexity index is 649. The maximum Gasteiger partial charge on any atom is 0.227 e. The highest BCUT2D eigenvalue weighted by Gasteiger charge is 2.44. The average Bonchev–Trinajstić information content (AvgIpc) is 3.26. The zero-order valence-electron chi connectivity index (χ0n) is 14.5. The van der Waals surface area contributed by atoms with E-state index in [2.05, 4.69) is 5.32 Å². The van der Waals surface area contributed by atoms with Crippen molar-refractivity contribution in [2.75, 3.05) is 18.4 Å². The van der Waals surface area contributed by atoms with E-state index in [1.165, 1.54) is 19.3 Å². The summed E-state index contributed by atoms with van der Waals surface area (Å²) >= 11 is 0. The van der Waals surface area contributed by atoms with Gasteiger partial charge in [0.2, 0.25) is 11.8 Å². The maximum absolute atomic E-state index is 12.8. The topological polar surface area (TPSA) is 69.6 Å². The van der Waals surface area contributed by atoms with E-state index in [9.17, 15) is 14.7 Å². The highest BCUT2D eigenvalue weighted by atomic mass is 16.3. The molecule has 2 N–H and O–H groups in total. The number of nitrogens with one attached hydrogen (secondary N) is 1. The number of phenols is 1. The maximum atomic E-state index is 12.8. The number of anilines is 1. The van der Waals surface area contributed by atoms with Gasteiger partial charge in [0.15, 0.2) is 0 Å². The van der Waals surface area contributed by atoms with Crippen molar-refractivity contribution >= 4 is 17.5 Å². The van der Waals surface area contributed by atoms with Crippen molar-refractivity contribution in [3.05, 3.63) is 24.3 Å². The molecular weight excluding hydrogens is 316 g/mol. The van der Waals surface area contributed by atoms with Crippen LogP contribution in [0.4, 0.5) is 5.69 Å². The minimum absolute atomic E-state index is 0.0118. The SMILES string of the molecule is O=C(Nc1ccc(O)cc1)C1CCN(C(=O)[C@@H]2C[C@H]3CC[C@H]2C3)CC1. The Morgan fingerprint density at radius 1 is 1.00 bits per heavy atom. The van der Waals surface area contributed by atoms with Gasteiger partial charge in [-0.05, 0) is 68.2 Å². The van der Waals surface area contributed by atoms with E-state index in [0.717, 1.165) is 25.2 Å². The van der Waals surface area contributed by atoms with Crippen LogP contribution in [-0.4, -0.2) is 34.9 Å². The number of rotatable bonds is 3. The van der Waals surface area contributed by atoms with Crippen LogP contribution in [-0.2, 0) is 9.59 Å². The number of hydrogen-bond donors (Lipinski definition) is 2. The van der Waals surface area contributed by atoms with Crippen LogP contribution in [0.1, 0.15) is 38.5 Å². The number of phenolic OH excluding ortho intramolecular Hbond substituents is 1. The number of aromatic hydroxyl groups is 1. The summed E-state index contributed by atoms with van der Waals surface area (Å²) in [4.78, 5) is 27.2. The second-order valence-electron chi connectivity index (χ2n) is 7.92. The number of benzene rings is 1. The molecule has 2 saturated carbocycles. The molecule has 25 heavy (non-hydrogen) atoms. The van der Waals surface area contributed by atoms with Gasteiger partial charge >= 0.3 is 0 Å². The van der Waals surface area contributed by atoms with Crippen molar-refractivity contribution < 1.29 is 14.7 Å². The van der Waals surface area contributed by atoms with Gasteiger partial charge in [0.1, 0.15) is 5.75 Å². The van der Waals surface area contributed by atoms with Gasteiger partial charge in [-0.15, -0.1) is 0 Å². The summed E-state index contributed by atoms with van der Waals surface area (Å²) in [7, 11) is 0. The normalized spacial score (nSPS) is 29.0. The van der Waals surface area contributed by atoms with E-state index in [1.54, 1.807) is 24.3 Å². The molecule has 1 aliphatic heterocycles. The minimum atomic E-state index is -0.0436. The lowest BCUT2D eigenvalue weighted by Gasteiger charge is -2.34. The Morgan fingerprint density at radius 2 is 1.72 bits per heavy atom. The van der Waals surface area contributed by atoms with Gasteiger partial charge in [-0.25, -0.2) is 0 Å². The molecule has 0 unspecified atom stereocenters. The second kappa shape index (κ2) is 6.70. The number of carbonyl (C=O) groups is 2. The van der Waals surface area contributed by atoms with E-state index in [4.69, 9.17) is 0 Å². The molecule has 3 atom stereocenters. The summed E-state index contributed by atoms with van der Waals surface area (Å²) in [6.45, 7) is 1.39. The van der Waals surface area contributed by atoms with Crippen molar-refractivity contribution in [3.8, 4) is 5.75 Å². The first-order valence-corrected chi connectivity index (χ1v) is 9.49. The highest BCUT2D eigenvalue weighted by Crippen LogP contribution is 2.49. The second-order valence-corrected chi connectivity index (χ2v) is 7.92. The number of nitrogens with zero attached hydrogens (tertiary/aromatic N) is 1. The van der Waals surface area contributed by atoms with Gasteiger partial charge < -0.3 is 15.3 Å². The molecule has 1 aromatic rings. The summed E-state index contributed by atoms with van der Waals surface area (Å²) in [6.07, 6.45) is 6.35. The zero-order valence-corrected chi connectivity index (χ0v) is 14.5. The van der Waals surface area contributed by atoms with Crippen LogP contribution in [0.3, 0.4) is 0 Å². The fourth-order valence-electron chi connectivity index (χ4n) is 4.93. The molecule has 3 aliphatic rings. The Hall–Kier alpha value is -2.04. The minimum Gasteiger partial charge on any atom is -0.508 e. The van der Waals surface area contributed by atoms with Gasteiger partial charge in [0, 0.05) is 30.6 Å². The summed E-state index contributed by atoms with van der Waals surface area (Å²) in [5, 5.41) is 12.2. The number of hydrogen-bond acceptors (Lipinski definition) is 3. The van der Waals surface area contributed by atoms with Crippen LogP contribution in [0.5, 0.6) is 5.75 Å². The predicted octanol–water partition coefficient (Wildman–Crippen LogP) is 3.01. The van der Waals surface area contributed by atoms with E-state index in [1.807, 2.05) is 4.90 Å². The largest absolute Gasteiger partial charge is 0.508 e. The Labute approximate surface area is 148 Å². The molecule has 134 valence electrons. The van der Waals surface area contributed by atoms with Crippen LogP contribution in [0.15, 0.2) is 24.3 Å². The Balaban J connectivity index is 1.28. The van der Waals surface area contributed by atoms with E-state index < -0.39 is 0 Å². The first-order valence-electron chi connectivity index (χ1n) is 9.49. The van der Waals surface area contributed by atoms with Gasteiger partial charge in [0.25, 0.3) is 0 Å². The van der Waals surface area contributed by atoms with Crippen LogP contribution in [0, 0.1) is 23.7 Å². The van der Waals surface area contributed by atoms with E-state index in [0.29, 0.717) is 30.6 Å². The molecule has 1 aromatic carbocycles. The number of piperidine rings is 1. The fraction of sp³-hybridized carbons (Fsp3) is 0.600. The molecule has 0 radical (unpaired) electrons. The Morgan fingerprint density at radius 3 is 2.32 bits per heavy atom. The van der Waals surface area contributed by atoms with Crippen LogP contribution in [0.25, 0.3) is 0 Å². The molecule has 1 saturated heterocycles. The molecule has 2 bridgehead atoms. The van der Waals surface area contributed by atoms with Gasteiger partial charge in [-0.1, -0.05) is 6.42 Å². The quantitative estimate of drug-likeness (QED) is 0.830. The van der Waals surface area contributed by atoms with Gasteiger partial charge in [-0.3, -0.25) is 9.59 Å². The predicted molar refractivity (Wildman–Crippen MR) is 95.0 cm³/mol. The number of fused-ring (bicyclic) bond motifs is 2. The molecule has 1 heterocycles. The number of likely N-dealkylation sites (tertiary alicyclic amines) is 1. The van der Waals surface area contributed by atoms with Crippen molar-refractivity contribution in [3.63, 3.8) is 0 Å². The number of carbonyl (C=O) groups excluding carboxylic acids is 2. The van der Waals surface area contributed by atoms with Crippen LogP contribution < -0.4 is 5.32 Å². The zero-order chi connectivity index (χ0) is 17.4. The summed E-state index contributed by atoms with van der Waals surface area (Å²) in [5.41, 5.74) is 0.697. The lowest BCUT2D eigenvalue weighted by molar-refractivity contribution is -0.140. The van der Waals surface area contributed by atoms with Gasteiger partial charge in [-0.2, -0.15) is 0 Å². The third-order valence-electron chi connectivity index (χ3n) is 6.37. The highest BCUT2D eigenvalue weighted by molar-refractivity contribution is 5.92. The molecule has 0 aromatic heterocycles. The number of amides is 2. The molecule has 5 heteroatoms. The monoisotopic (exact) mass is 342 g/mol.